The van der Waals surface area contributed by atoms with Gasteiger partial charge in [0.2, 0.25) is 0 Å². The Balaban J connectivity index is -0.0000000860. The third-order valence-corrected chi connectivity index (χ3v) is 16.7. The fraction of sp³-hybridized carbons (Fsp3) is 1.00. The van der Waals surface area contributed by atoms with Gasteiger partial charge in [0, 0.05) is 132 Å². The van der Waals surface area contributed by atoms with Gasteiger partial charge in [-0.25, -0.2) is 0 Å². The smallest absolute Gasteiger partial charge is 0.0698 e. The summed E-state index contributed by atoms with van der Waals surface area (Å²) >= 11 is 0. The van der Waals surface area contributed by atoms with E-state index >= 15 is 0 Å². The van der Waals surface area contributed by atoms with Gasteiger partial charge < -0.3 is 175 Å². The predicted octanol–water partition coefficient (Wildman–Crippen LogP) is -0.630. The Kier molecular flexibility index (Phi) is 152. The first-order valence-corrected chi connectivity index (χ1v) is 45.8. The molecule has 3 fully saturated rings. The van der Waals surface area contributed by atoms with Crippen molar-refractivity contribution in [2.24, 2.45) is 22.9 Å². The molecule has 0 aromatic carbocycles. The van der Waals surface area contributed by atoms with Crippen LogP contribution in [0, 0.1) is 0 Å². The number of hydrogen-bond donors (Lipinski definition) is 25. The molecule has 2 aliphatic heterocycles. The lowest BCUT2D eigenvalue weighted by Gasteiger charge is -2.29. The third kappa shape index (κ3) is 174. The Bertz CT molecular complexity index is 1700. The van der Waals surface area contributed by atoms with Crippen LogP contribution in [0.25, 0.3) is 0 Å². The highest BCUT2D eigenvalue weighted by molar-refractivity contribution is 4.75. The Morgan fingerprint density at radius 1 is 0.480 bits per heavy atom. The maximum absolute atomic E-state index is 9.17. The normalized spacial score (nSPS) is 14.4. The Morgan fingerprint density at radius 3 is 1.11 bits per heavy atom. The molecule has 35 heteroatoms. The van der Waals surface area contributed by atoms with Gasteiger partial charge in [-0.2, -0.15) is 0 Å². The minimum atomic E-state index is -0.403. The molecule has 0 radical (unpaired) electrons. The second kappa shape index (κ2) is 123. The summed E-state index contributed by atoms with van der Waals surface area (Å²) in [5, 5.41) is 155. The summed E-state index contributed by atoms with van der Waals surface area (Å²) in [5.41, 5.74) is 19.7. The van der Waals surface area contributed by atoms with E-state index in [-0.39, 0.29) is 115 Å². The molecule has 2 heterocycles. The molecule has 35 nitrogen and oxygen atoms in total. The van der Waals surface area contributed by atoms with Crippen molar-refractivity contribution in [3.05, 3.63) is 0 Å². The van der Waals surface area contributed by atoms with Gasteiger partial charge in [0.05, 0.1) is 117 Å². The van der Waals surface area contributed by atoms with Gasteiger partial charge in [0.1, 0.15) is 0 Å². The van der Waals surface area contributed by atoms with E-state index in [1.807, 2.05) is 91.9 Å². The van der Waals surface area contributed by atoms with Gasteiger partial charge in [-0.1, -0.05) is 60.8 Å². The zero-order valence-corrected chi connectivity index (χ0v) is 85.5. The summed E-state index contributed by atoms with van der Waals surface area (Å²) in [6, 6.07) is 1.70. The highest BCUT2D eigenvalue weighted by Crippen LogP contribution is 2.17. The largest absolute Gasteiger partial charge is 0.396 e. The van der Waals surface area contributed by atoms with Crippen molar-refractivity contribution in [2.45, 2.75) is 262 Å². The topological polar surface area (TPSA) is 535 Å². The first-order chi connectivity index (χ1) is 57.5. The molecule has 3 aliphatic rings. The second-order valence-electron chi connectivity index (χ2n) is 33.3. The summed E-state index contributed by atoms with van der Waals surface area (Å²) in [4.78, 5) is 19.2. The third-order valence-electron chi connectivity index (χ3n) is 16.7. The van der Waals surface area contributed by atoms with E-state index in [9.17, 15) is 0 Å². The highest BCUT2D eigenvalue weighted by atomic mass is 16.5. The van der Waals surface area contributed by atoms with Gasteiger partial charge >= 0.3 is 0 Å². The van der Waals surface area contributed by atoms with E-state index in [0.717, 1.165) is 131 Å². The lowest BCUT2D eigenvalue weighted by molar-refractivity contribution is 0.0737. The average molecular weight is 1810 g/mol. The second-order valence-corrected chi connectivity index (χ2v) is 33.3. The minimum Gasteiger partial charge on any atom is -0.396 e. The number of piperidine rings is 1. The van der Waals surface area contributed by atoms with Crippen LogP contribution >= 0.6 is 0 Å². The molecule has 4 atom stereocenters. The summed E-state index contributed by atoms with van der Waals surface area (Å²) in [7, 11) is 17.4. The quantitative estimate of drug-likeness (QED) is 0.0339. The number of nitrogens with one attached hydrogen (secondary N) is 4. The van der Waals surface area contributed by atoms with E-state index in [1.54, 1.807) is 41.7 Å². The molecule has 2 saturated heterocycles. The average Bonchev–Trinajstić information content (AvgIpc) is 1.51. The summed E-state index contributed by atoms with van der Waals surface area (Å²) in [5.74, 6) is 0. The molecular weight excluding hydrogens is 1580 g/mol. The van der Waals surface area contributed by atoms with E-state index in [0.29, 0.717) is 64.1 Å². The number of aliphatic hydroxyl groups excluding tert-OH is 17. The minimum absolute atomic E-state index is 0.0486. The lowest BCUT2D eigenvalue weighted by Crippen LogP contribution is -2.41. The van der Waals surface area contributed by atoms with Crippen LogP contribution in [0.4, 0.5) is 0 Å². The van der Waals surface area contributed by atoms with Crippen LogP contribution in [0.3, 0.4) is 0 Å². The van der Waals surface area contributed by atoms with Crippen molar-refractivity contribution in [3.63, 3.8) is 0 Å². The fourth-order valence-electron chi connectivity index (χ4n) is 8.91. The molecule has 0 bridgehead atoms. The van der Waals surface area contributed by atoms with Crippen molar-refractivity contribution in [1.29, 1.82) is 0 Å². The van der Waals surface area contributed by atoms with Crippen molar-refractivity contribution in [3.8, 4) is 0 Å². The summed E-state index contributed by atoms with van der Waals surface area (Å²) < 4.78 is 5.13. The molecule has 3 rings (SSSR count). The molecular formula is C88H221N17O18. The van der Waals surface area contributed by atoms with Crippen LogP contribution < -0.4 is 44.2 Å². The number of likely N-dealkylation sites (tertiary alicyclic amines) is 2. The van der Waals surface area contributed by atoms with E-state index in [1.165, 1.54) is 64.6 Å². The van der Waals surface area contributed by atoms with Crippen molar-refractivity contribution in [2.75, 3.05) is 320 Å². The molecule has 29 N–H and O–H groups in total. The van der Waals surface area contributed by atoms with Gasteiger partial charge in [0.25, 0.3) is 0 Å². The van der Waals surface area contributed by atoms with Gasteiger partial charge in [-0.05, 0) is 271 Å². The summed E-state index contributed by atoms with van der Waals surface area (Å²) in [6.07, 6.45) is 11.8. The highest BCUT2D eigenvalue weighted by Gasteiger charge is 2.18. The number of nitrogens with two attached hydrogens (primary N) is 4. The number of β-amino-alcohol motifs (C(OH)–C–C–N with tert-alkyl or cyclic N) is 3. The van der Waals surface area contributed by atoms with Crippen LogP contribution in [-0.2, 0) is 4.74 Å². The van der Waals surface area contributed by atoms with Gasteiger partial charge in [-0.3, -0.25) is 4.90 Å². The zero-order valence-electron chi connectivity index (χ0n) is 85.5. The van der Waals surface area contributed by atoms with Crippen molar-refractivity contribution < 1.29 is 91.5 Å². The number of likely N-dealkylation sites (N-methyl/N-ethyl adjacent to an activating group) is 8. The maximum atomic E-state index is 9.17. The molecule has 766 valence electrons. The van der Waals surface area contributed by atoms with Crippen molar-refractivity contribution >= 4 is 0 Å². The molecule has 4 unspecified atom stereocenters. The summed E-state index contributed by atoms with van der Waals surface area (Å²) in [6.45, 7) is 64.5. The Labute approximate surface area is 758 Å². The van der Waals surface area contributed by atoms with E-state index in [2.05, 4.69) is 134 Å². The molecule has 1 saturated carbocycles. The van der Waals surface area contributed by atoms with Crippen LogP contribution in [0.1, 0.15) is 203 Å². The van der Waals surface area contributed by atoms with Crippen LogP contribution in [0.5, 0.6) is 0 Å². The number of aliphatic hydroxyl groups is 17. The van der Waals surface area contributed by atoms with Gasteiger partial charge in [-0.15, -0.1) is 0 Å². The Morgan fingerprint density at radius 2 is 0.911 bits per heavy atom. The van der Waals surface area contributed by atoms with E-state index in [4.69, 9.17) is 114 Å². The van der Waals surface area contributed by atoms with Crippen LogP contribution in [0.15, 0.2) is 0 Å². The molecule has 1 aliphatic carbocycles. The maximum Gasteiger partial charge on any atom is 0.0698 e. The van der Waals surface area contributed by atoms with E-state index < -0.39 is 5.54 Å². The standard InChI is InChI=1S/C8H19NO2.C8H17NO.C8H19NO.C7H15NO.C6H13NO.3C6H15NO.2C5H13NO.3C4H11NO.3C3H9NO.C2H7NO/c1-3-9(4-2)5-7-11-8-6-10;10-7-6-9-8-4-2-1-3-5-8;1-7(2)9(5-6-10)8(3)4;1-2-8-5-3-4-7(9)6-8;8-6-5-7-3-1-2-4-7;1-6(2,5-8)7(3)4;1-6(2,3)7-4-5-8;1-3-7(4-2)5-6-8;1-5(7)4-6(2)3;1-6(2)4-3-5-7;1-5(2)3-4-6;1-4(2,5)3-6;1-2-5-3-4-6;1-4-2-3-5;1-3(4)2-5;1-3(5)2-4;3-1-2-4/h10H,3-8H2,1-2H3;8-10H,1-7H2;7-8,10H,5-6H2,1-4H3;7,9H,2-6H2,1H3;8H,1-6H2;8H,5H2,1-4H3;7-8H,4-5H2,1-3H3;8H,3-6H2,1-2H3;5,7H,4H2,1-3H3;7H,3-5H2,1-2H3;6H,3-4H2,1-2H3;6H,3,5H2,1-2H3;5-6H,2-4H2,1H3;4-5H,2-3H2,1H3;2*3,5H,2,4H2,1H3;4H,1-3H2. The zero-order chi connectivity index (χ0) is 98.9. The van der Waals surface area contributed by atoms with Gasteiger partial charge in [0.15, 0.2) is 0 Å². The molecule has 0 aromatic heterocycles. The van der Waals surface area contributed by atoms with Crippen LogP contribution in [0.2, 0.25) is 0 Å². The Hall–Kier alpha value is -1.40. The predicted molar refractivity (Wildman–Crippen MR) is 522 cm³/mol. The number of hydrogen-bond acceptors (Lipinski definition) is 35. The number of ether oxygens (including phenoxy) is 1. The number of rotatable bonds is 41. The number of nitrogens with zero attached hydrogens (tertiary/aromatic N) is 9. The monoisotopic (exact) mass is 1800 g/mol. The molecule has 0 spiro atoms. The van der Waals surface area contributed by atoms with Crippen LogP contribution in [-0.4, -0.2) is 510 Å². The first-order valence-electron chi connectivity index (χ1n) is 45.8. The SMILES string of the molecule is CC(C)(C)NCCO.CC(C)(N)CO.CC(C)N(CCO)C(C)C.CC(N)CO.CC(O)CN.CC(O)CN(C)C.CCN(CC)CCO.CCN(CC)CCOCCO.CCN1CCCC(O)C1.CCNCCO.CN(C)C(C)(C)CO.CN(C)CCCO.CN(C)CCO.CNCCO.NCCO.OCCN1CCCC1.OCCNC1CCCCC1. The fourth-order valence-corrected chi connectivity index (χ4v) is 8.91. The lowest BCUT2D eigenvalue weighted by atomic mass is 9.96. The molecule has 0 aromatic rings. The molecule has 123 heavy (non-hydrogen) atoms. The first kappa shape index (κ1) is 153. The van der Waals surface area contributed by atoms with Crippen molar-refractivity contribution in [1.82, 2.24) is 65.4 Å². The molecule has 0 amide bonds.